The first-order valence-electron chi connectivity index (χ1n) is 4.04. The van der Waals surface area contributed by atoms with Gasteiger partial charge in [-0.05, 0) is 6.07 Å². The molecule has 0 radical (unpaired) electrons. The van der Waals surface area contributed by atoms with E-state index in [0.29, 0.717) is 22.5 Å². The van der Waals surface area contributed by atoms with Crippen molar-refractivity contribution in [3.05, 3.63) is 23.9 Å². The molecule has 5 nitrogen and oxygen atoms in total. The predicted molar refractivity (Wildman–Crippen MR) is 54.5 cm³/mol. The third-order valence-electron chi connectivity index (χ3n) is 1.94. The molecule has 0 aliphatic rings. The predicted octanol–water partition coefficient (Wildman–Crippen LogP) is 1.90. The lowest BCUT2D eigenvalue weighted by Gasteiger charge is -2.12. The Balaban J connectivity index is 2.86. The topological polar surface area (TPSA) is 84.8 Å². The molecule has 0 amide bonds. The van der Waals surface area contributed by atoms with Crippen molar-refractivity contribution in [2.75, 3.05) is 12.8 Å². The standard InChI is InChI=1S/C9H9N4O/c1-14-6-4-2-3-5-7(6)12-9(11)13-8(5)10/h2-4H,1H3,(H3-,10,11,12,13)/q-1. The summed E-state index contributed by atoms with van der Waals surface area (Å²) < 4.78 is 5.11. The van der Waals surface area contributed by atoms with Crippen molar-refractivity contribution in [2.45, 2.75) is 0 Å². The second-order valence-electron chi connectivity index (χ2n) is 2.79. The van der Waals surface area contributed by atoms with E-state index >= 15 is 0 Å². The summed E-state index contributed by atoms with van der Waals surface area (Å²) in [6, 6.07) is 5.38. The van der Waals surface area contributed by atoms with E-state index in [9.17, 15) is 0 Å². The van der Waals surface area contributed by atoms with E-state index in [-0.39, 0.29) is 5.95 Å². The summed E-state index contributed by atoms with van der Waals surface area (Å²) in [6.45, 7) is 0. The Kier molecular flexibility index (Phi) is 1.85. The van der Waals surface area contributed by atoms with Crippen LogP contribution >= 0.6 is 0 Å². The number of hydrogen-bond donors (Lipinski definition) is 1. The third-order valence-corrected chi connectivity index (χ3v) is 1.94. The van der Waals surface area contributed by atoms with Crippen LogP contribution in [-0.2, 0) is 0 Å². The molecule has 14 heavy (non-hydrogen) atoms. The smallest absolute Gasteiger partial charge is 0.129 e. The molecular formula is C9H9N4O-. The molecule has 1 aromatic heterocycles. The van der Waals surface area contributed by atoms with Gasteiger partial charge in [0.15, 0.2) is 0 Å². The highest BCUT2D eigenvalue weighted by Crippen LogP contribution is 2.27. The SMILES string of the molecule is COc1cccc2c(N)nc([NH-])nc12. The van der Waals surface area contributed by atoms with Crippen molar-refractivity contribution < 1.29 is 4.74 Å². The van der Waals surface area contributed by atoms with E-state index in [1.165, 1.54) is 0 Å². The average molecular weight is 189 g/mol. The fraction of sp³-hybridized carbons (Fsp3) is 0.111. The number of rotatable bonds is 1. The number of nitrogens with two attached hydrogens (primary N) is 1. The van der Waals surface area contributed by atoms with Crippen LogP contribution in [0, 0.1) is 0 Å². The Bertz CT molecular complexity index is 483. The Labute approximate surface area is 80.7 Å². The fourth-order valence-electron chi connectivity index (χ4n) is 1.31. The number of aromatic nitrogens is 2. The number of ether oxygens (including phenoxy) is 1. The number of nitrogens with one attached hydrogen (secondary N) is 1. The van der Waals surface area contributed by atoms with Gasteiger partial charge in [-0.15, -0.1) is 0 Å². The molecule has 0 saturated carbocycles. The normalized spacial score (nSPS) is 10.4. The molecule has 5 heteroatoms. The van der Waals surface area contributed by atoms with Crippen LogP contribution in [0.4, 0.5) is 11.8 Å². The molecule has 0 fully saturated rings. The maximum absolute atomic E-state index is 7.33. The lowest BCUT2D eigenvalue weighted by Crippen LogP contribution is -1.95. The number of methoxy groups -OCH3 is 1. The molecular weight excluding hydrogens is 180 g/mol. The summed E-state index contributed by atoms with van der Waals surface area (Å²) in [7, 11) is 1.55. The average Bonchev–Trinajstić information content (AvgIpc) is 2.17. The summed E-state index contributed by atoms with van der Waals surface area (Å²) in [5.74, 6) is 0.809. The van der Waals surface area contributed by atoms with E-state index in [4.69, 9.17) is 16.2 Å². The maximum atomic E-state index is 7.33. The molecule has 0 spiro atoms. The van der Waals surface area contributed by atoms with Gasteiger partial charge in [-0.1, -0.05) is 12.1 Å². The third kappa shape index (κ3) is 1.19. The molecule has 72 valence electrons. The minimum atomic E-state index is -0.0977. The summed E-state index contributed by atoms with van der Waals surface area (Å²) in [5, 5.41) is 0.709. The Morgan fingerprint density at radius 1 is 1.36 bits per heavy atom. The van der Waals surface area contributed by atoms with Crippen LogP contribution in [0.2, 0.25) is 0 Å². The van der Waals surface area contributed by atoms with Crippen molar-refractivity contribution in [3.63, 3.8) is 0 Å². The van der Waals surface area contributed by atoms with E-state index in [1.807, 2.05) is 6.07 Å². The van der Waals surface area contributed by atoms with Crippen molar-refractivity contribution in [1.82, 2.24) is 9.97 Å². The van der Waals surface area contributed by atoms with Crippen LogP contribution in [-0.4, -0.2) is 17.1 Å². The molecule has 0 aliphatic heterocycles. The number of hydrogen-bond acceptors (Lipinski definition) is 4. The number of benzene rings is 1. The van der Waals surface area contributed by atoms with E-state index in [1.54, 1.807) is 19.2 Å². The molecule has 0 bridgehead atoms. The molecule has 1 heterocycles. The van der Waals surface area contributed by atoms with Gasteiger partial charge in [-0.3, -0.25) is 0 Å². The summed E-state index contributed by atoms with van der Waals surface area (Å²) in [4.78, 5) is 7.71. The lowest BCUT2D eigenvalue weighted by molar-refractivity contribution is 0.419. The number of nitrogen functional groups attached to an aromatic ring is 1. The van der Waals surface area contributed by atoms with Crippen LogP contribution in [0.5, 0.6) is 5.75 Å². The van der Waals surface area contributed by atoms with E-state index < -0.39 is 0 Å². The van der Waals surface area contributed by atoms with E-state index in [2.05, 4.69) is 9.97 Å². The summed E-state index contributed by atoms with van der Waals surface area (Å²) in [6.07, 6.45) is 0. The summed E-state index contributed by atoms with van der Waals surface area (Å²) in [5.41, 5.74) is 13.6. The molecule has 2 rings (SSSR count). The van der Waals surface area contributed by atoms with Gasteiger partial charge in [-0.25, -0.2) is 0 Å². The zero-order valence-corrected chi connectivity index (χ0v) is 7.61. The number of para-hydroxylation sites is 1. The van der Waals surface area contributed by atoms with Crippen LogP contribution in [0.15, 0.2) is 18.2 Å². The van der Waals surface area contributed by atoms with Crippen LogP contribution in [0.25, 0.3) is 16.6 Å². The van der Waals surface area contributed by atoms with Gasteiger partial charge < -0.3 is 26.2 Å². The van der Waals surface area contributed by atoms with Gasteiger partial charge in [-0.2, -0.15) is 0 Å². The molecule has 2 aromatic rings. The monoisotopic (exact) mass is 189 g/mol. The maximum Gasteiger partial charge on any atom is 0.129 e. The zero-order chi connectivity index (χ0) is 10.1. The van der Waals surface area contributed by atoms with Gasteiger partial charge in [0, 0.05) is 16.9 Å². The minimum Gasteiger partial charge on any atom is -0.496 e. The summed E-state index contributed by atoms with van der Waals surface area (Å²) >= 11 is 0. The molecule has 0 unspecified atom stereocenters. The second kappa shape index (κ2) is 3.02. The van der Waals surface area contributed by atoms with Crippen LogP contribution in [0.3, 0.4) is 0 Å². The number of nitrogens with zero attached hydrogens (tertiary/aromatic N) is 2. The second-order valence-corrected chi connectivity index (χ2v) is 2.79. The van der Waals surface area contributed by atoms with Gasteiger partial charge in [0.25, 0.3) is 0 Å². The molecule has 1 aromatic carbocycles. The highest BCUT2D eigenvalue weighted by atomic mass is 16.5. The first kappa shape index (κ1) is 8.55. The minimum absolute atomic E-state index is 0.0977. The van der Waals surface area contributed by atoms with Crippen LogP contribution in [0.1, 0.15) is 0 Å². The zero-order valence-electron chi connectivity index (χ0n) is 7.61. The van der Waals surface area contributed by atoms with Gasteiger partial charge in [0.1, 0.15) is 5.75 Å². The largest absolute Gasteiger partial charge is 0.496 e. The highest BCUT2D eigenvalue weighted by molar-refractivity contribution is 5.93. The fourth-order valence-corrected chi connectivity index (χ4v) is 1.31. The van der Waals surface area contributed by atoms with Crippen LogP contribution < -0.4 is 10.5 Å². The van der Waals surface area contributed by atoms with Gasteiger partial charge >= 0.3 is 0 Å². The lowest BCUT2D eigenvalue weighted by atomic mass is 10.2. The highest BCUT2D eigenvalue weighted by Gasteiger charge is 2.01. The first-order chi connectivity index (χ1) is 6.72. The Morgan fingerprint density at radius 3 is 2.86 bits per heavy atom. The Morgan fingerprint density at radius 2 is 2.14 bits per heavy atom. The van der Waals surface area contributed by atoms with Crippen molar-refractivity contribution in [1.29, 1.82) is 0 Å². The van der Waals surface area contributed by atoms with Crippen molar-refractivity contribution in [2.24, 2.45) is 0 Å². The molecule has 0 atom stereocenters. The number of fused-ring (bicyclic) bond motifs is 1. The Hall–Kier alpha value is -2.04. The quantitative estimate of drug-likeness (QED) is 0.742. The van der Waals surface area contributed by atoms with Crippen molar-refractivity contribution in [3.8, 4) is 5.75 Å². The first-order valence-corrected chi connectivity index (χ1v) is 4.04. The molecule has 3 N–H and O–H groups in total. The number of anilines is 1. The van der Waals surface area contributed by atoms with Gasteiger partial charge in [0.2, 0.25) is 0 Å². The van der Waals surface area contributed by atoms with Gasteiger partial charge in [0.05, 0.1) is 12.9 Å². The molecule has 0 saturated heterocycles. The molecule has 0 aliphatic carbocycles. The van der Waals surface area contributed by atoms with Crippen molar-refractivity contribution >= 4 is 22.7 Å². The van der Waals surface area contributed by atoms with E-state index in [0.717, 1.165) is 0 Å².